The Hall–Kier alpha value is -2.75. The highest BCUT2D eigenvalue weighted by molar-refractivity contribution is 5.95. The van der Waals surface area contributed by atoms with Crippen LogP contribution in [0.25, 0.3) is 5.57 Å². The number of hydrogen-bond acceptors (Lipinski definition) is 3. The predicted molar refractivity (Wildman–Crippen MR) is 85.4 cm³/mol. The Balaban J connectivity index is 2.55. The van der Waals surface area contributed by atoms with E-state index in [4.69, 9.17) is 14.6 Å². The number of aryl methyl sites for hydroxylation is 1. The lowest BCUT2D eigenvalue weighted by Gasteiger charge is -2.12. The van der Waals surface area contributed by atoms with Gasteiger partial charge in [0.1, 0.15) is 0 Å². The summed E-state index contributed by atoms with van der Waals surface area (Å²) in [6.45, 7) is 1.99. The largest absolute Gasteiger partial charge is 0.493 e. The van der Waals surface area contributed by atoms with Gasteiger partial charge in [-0.05, 0) is 35.8 Å². The second-order valence-electron chi connectivity index (χ2n) is 4.83. The molecule has 0 unspecified atom stereocenters. The zero-order valence-electron chi connectivity index (χ0n) is 12.8. The third-order valence-electron chi connectivity index (χ3n) is 3.32. The van der Waals surface area contributed by atoms with Crippen LogP contribution in [0.3, 0.4) is 0 Å². The zero-order chi connectivity index (χ0) is 16.1. The van der Waals surface area contributed by atoms with Gasteiger partial charge in [-0.3, -0.25) is 0 Å². The van der Waals surface area contributed by atoms with Gasteiger partial charge in [0.05, 0.1) is 14.2 Å². The van der Waals surface area contributed by atoms with Gasteiger partial charge >= 0.3 is 5.97 Å². The molecule has 2 aromatic rings. The van der Waals surface area contributed by atoms with Gasteiger partial charge in [0.25, 0.3) is 0 Å². The van der Waals surface area contributed by atoms with E-state index < -0.39 is 5.97 Å². The molecule has 0 aliphatic carbocycles. The average molecular weight is 298 g/mol. The first kappa shape index (κ1) is 15.6. The van der Waals surface area contributed by atoms with Crippen LogP contribution in [-0.2, 0) is 4.79 Å². The van der Waals surface area contributed by atoms with E-state index >= 15 is 0 Å². The monoisotopic (exact) mass is 298 g/mol. The van der Waals surface area contributed by atoms with Gasteiger partial charge in [-0.15, -0.1) is 0 Å². The lowest BCUT2D eigenvalue weighted by atomic mass is 9.96. The van der Waals surface area contributed by atoms with Crippen LogP contribution in [0.5, 0.6) is 11.5 Å². The Bertz CT molecular complexity index is 700. The molecule has 0 bridgehead atoms. The van der Waals surface area contributed by atoms with Crippen LogP contribution in [-0.4, -0.2) is 25.3 Å². The summed E-state index contributed by atoms with van der Waals surface area (Å²) in [6, 6.07) is 13.1. The molecule has 0 amide bonds. The maximum absolute atomic E-state index is 11.2. The summed E-state index contributed by atoms with van der Waals surface area (Å²) < 4.78 is 10.5. The molecular weight excluding hydrogens is 280 g/mol. The summed E-state index contributed by atoms with van der Waals surface area (Å²) in [4.78, 5) is 11.2. The molecule has 2 aromatic carbocycles. The number of methoxy groups -OCH3 is 2. The minimum atomic E-state index is -0.995. The SMILES string of the molecule is COc1ccc(/C(=C/C(=O)O)c2ccc(C)cc2)cc1OC. The zero-order valence-corrected chi connectivity index (χ0v) is 12.8. The fourth-order valence-electron chi connectivity index (χ4n) is 2.19. The Kier molecular flexibility index (Phi) is 4.84. The molecule has 0 saturated heterocycles. The van der Waals surface area contributed by atoms with E-state index in [0.29, 0.717) is 17.1 Å². The highest BCUT2D eigenvalue weighted by atomic mass is 16.5. The van der Waals surface area contributed by atoms with Crippen LogP contribution in [0, 0.1) is 6.92 Å². The van der Waals surface area contributed by atoms with Crippen LogP contribution in [0.4, 0.5) is 0 Å². The van der Waals surface area contributed by atoms with Crippen LogP contribution in [0.1, 0.15) is 16.7 Å². The third-order valence-corrected chi connectivity index (χ3v) is 3.32. The molecule has 0 radical (unpaired) electrons. The van der Waals surface area contributed by atoms with Gasteiger partial charge in [0.2, 0.25) is 0 Å². The Morgan fingerprint density at radius 3 is 2.09 bits per heavy atom. The number of ether oxygens (including phenoxy) is 2. The number of carbonyl (C=O) groups is 1. The van der Waals surface area contributed by atoms with Crippen molar-refractivity contribution < 1.29 is 19.4 Å². The molecule has 0 heterocycles. The Labute approximate surface area is 129 Å². The smallest absolute Gasteiger partial charge is 0.328 e. The molecular formula is C18H18O4. The van der Waals surface area contributed by atoms with Gasteiger partial charge in [0, 0.05) is 6.08 Å². The second-order valence-corrected chi connectivity index (χ2v) is 4.83. The molecule has 0 aromatic heterocycles. The van der Waals surface area contributed by atoms with Crippen LogP contribution in [0.2, 0.25) is 0 Å². The van der Waals surface area contributed by atoms with E-state index in [9.17, 15) is 4.79 Å². The number of benzene rings is 2. The average Bonchev–Trinajstić information content (AvgIpc) is 2.52. The van der Waals surface area contributed by atoms with Crippen LogP contribution >= 0.6 is 0 Å². The molecule has 1 N–H and O–H groups in total. The molecule has 0 aliphatic rings. The first-order valence-corrected chi connectivity index (χ1v) is 6.79. The molecule has 4 heteroatoms. The fourth-order valence-corrected chi connectivity index (χ4v) is 2.19. The van der Waals surface area contributed by atoms with Crippen molar-refractivity contribution in [2.24, 2.45) is 0 Å². The molecule has 2 rings (SSSR count). The number of carboxylic acid groups (broad SMARTS) is 1. The predicted octanol–water partition coefficient (Wildman–Crippen LogP) is 3.53. The van der Waals surface area contributed by atoms with E-state index in [0.717, 1.165) is 16.7 Å². The molecule has 0 atom stereocenters. The lowest BCUT2D eigenvalue weighted by Crippen LogP contribution is -1.97. The van der Waals surface area contributed by atoms with Gasteiger partial charge < -0.3 is 14.6 Å². The standard InChI is InChI=1S/C18H18O4/c1-12-4-6-13(7-5-12)15(11-18(19)20)14-8-9-16(21-2)17(10-14)22-3/h4-11H,1-3H3,(H,19,20)/b15-11+. The maximum atomic E-state index is 11.2. The first-order valence-electron chi connectivity index (χ1n) is 6.79. The van der Waals surface area contributed by atoms with Gasteiger partial charge in [-0.2, -0.15) is 0 Å². The molecule has 22 heavy (non-hydrogen) atoms. The van der Waals surface area contributed by atoms with Crippen molar-refractivity contribution in [1.29, 1.82) is 0 Å². The lowest BCUT2D eigenvalue weighted by molar-refractivity contribution is -0.131. The van der Waals surface area contributed by atoms with Crippen molar-refractivity contribution in [2.45, 2.75) is 6.92 Å². The summed E-state index contributed by atoms with van der Waals surface area (Å²) in [7, 11) is 3.11. The Morgan fingerprint density at radius 1 is 0.955 bits per heavy atom. The molecule has 0 saturated carbocycles. The van der Waals surface area contributed by atoms with E-state index in [1.165, 1.54) is 6.08 Å². The fraction of sp³-hybridized carbons (Fsp3) is 0.167. The van der Waals surface area contributed by atoms with Crippen LogP contribution < -0.4 is 9.47 Å². The summed E-state index contributed by atoms with van der Waals surface area (Å²) in [6.07, 6.45) is 1.20. The summed E-state index contributed by atoms with van der Waals surface area (Å²) in [5.41, 5.74) is 3.32. The first-order chi connectivity index (χ1) is 10.5. The van der Waals surface area contributed by atoms with Crippen molar-refractivity contribution in [2.75, 3.05) is 14.2 Å². The number of hydrogen-bond donors (Lipinski definition) is 1. The highest BCUT2D eigenvalue weighted by Crippen LogP contribution is 2.32. The summed E-state index contributed by atoms with van der Waals surface area (Å²) in [5.74, 6) is 0.165. The van der Waals surface area contributed by atoms with Crippen molar-refractivity contribution in [1.82, 2.24) is 0 Å². The molecule has 114 valence electrons. The minimum Gasteiger partial charge on any atom is -0.493 e. The van der Waals surface area contributed by atoms with Crippen molar-refractivity contribution in [3.8, 4) is 11.5 Å². The van der Waals surface area contributed by atoms with Gasteiger partial charge in [-0.1, -0.05) is 35.9 Å². The van der Waals surface area contributed by atoms with Crippen molar-refractivity contribution in [3.05, 3.63) is 65.2 Å². The molecule has 0 fully saturated rings. The van der Waals surface area contributed by atoms with Crippen molar-refractivity contribution in [3.63, 3.8) is 0 Å². The van der Waals surface area contributed by atoms with Crippen molar-refractivity contribution >= 4 is 11.5 Å². The number of carboxylic acids is 1. The maximum Gasteiger partial charge on any atom is 0.328 e. The second kappa shape index (κ2) is 6.80. The van der Waals surface area contributed by atoms with E-state index in [-0.39, 0.29) is 0 Å². The third kappa shape index (κ3) is 3.47. The van der Waals surface area contributed by atoms with Gasteiger partial charge in [-0.25, -0.2) is 4.79 Å². The number of aliphatic carboxylic acids is 1. The van der Waals surface area contributed by atoms with Crippen LogP contribution in [0.15, 0.2) is 48.5 Å². The molecule has 4 nitrogen and oxygen atoms in total. The quantitative estimate of drug-likeness (QED) is 0.858. The summed E-state index contributed by atoms with van der Waals surface area (Å²) in [5, 5.41) is 9.16. The topological polar surface area (TPSA) is 55.8 Å². The summed E-state index contributed by atoms with van der Waals surface area (Å²) >= 11 is 0. The highest BCUT2D eigenvalue weighted by Gasteiger charge is 2.11. The normalized spacial score (nSPS) is 11.1. The van der Waals surface area contributed by atoms with Gasteiger partial charge in [0.15, 0.2) is 11.5 Å². The minimum absolute atomic E-state index is 0.559. The Morgan fingerprint density at radius 2 is 1.55 bits per heavy atom. The van der Waals surface area contributed by atoms with E-state index in [1.54, 1.807) is 26.4 Å². The molecule has 0 aliphatic heterocycles. The number of rotatable bonds is 5. The van der Waals surface area contributed by atoms with E-state index in [1.807, 2.05) is 37.3 Å². The molecule has 0 spiro atoms. The van der Waals surface area contributed by atoms with E-state index in [2.05, 4.69) is 0 Å².